The van der Waals surface area contributed by atoms with Crippen LogP contribution in [-0.4, -0.2) is 11.6 Å². The van der Waals surface area contributed by atoms with Crippen molar-refractivity contribution in [2.75, 3.05) is 0 Å². The van der Waals surface area contributed by atoms with Gasteiger partial charge in [-0.15, -0.1) is 0 Å². The molecule has 1 rings (SSSR count). The van der Waals surface area contributed by atoms with Crippen molar-refractivity contribution in [1.29, 1.82) is 0 Å². The van der Waals surface area contributed by atoms with E-state index in [9.17, 15) is 0 Å². The average molecular weight is 221 g/mol. The number of ether oxygens (including phenoxy) is 1. The van der Waals surface area contributed by atoms with Gasteiger partial charge in [0.2, 0.25) is 0 Å². The Kier molecular flexibility index (Phi) is 4.36. The maximum absolute atomic E-state index is 5.95. The summed E-state index contributed by atoms with van der Waals surface area (Å²) >= 11 is 0. The Morgan fingerprint density at radius 1 is 1.19 bits per heavy atom. The number of aryl methyl sites for hydroxylation is 1. The van der Waals surface area contributed by atoms with Gasteiger partial charge in [-0.3, -0.25) is 0 Å². The van der Waals surface area contributed by atoms with Crippen LogP contribution in [0.3, 0.4) is 0 Å². The fourth-order valence-corrected chi connectivity index (χ4v) is 1.47. The van der Waals surface area contributed by atoms with Crippen molar-refractivity contribution in [2.45, 2.75) is 52.2 Å². The third-order valence-electron chi connectivity index (χ3n) is 2.35. The molecule has 0 saturated carbocycles. The van der Waals surface area contributed by atoms with Gasteiger partial charge in [-0.1, -0.05) is 12.1 Å². The lowest BCUT2D eigenvalue weighted by molar-refractivity contribution is 0.242. The van der Waals surface area contributed by atoms with Crippen LogP contribution in [0.4, 0.5) is 0 Å². The summed E-state index contributed by atoms with van der Waals surface area (Å²) < 4.78 is 5.59. The van der Waals surface area contributed by atoms with Crippen LogP contribution in [0.25, 0.3) is 0 Å². The first-order chi connectivity index (χ1) is 7.37. The zero-order valence-corrected chi connectivity index (χ0v) is 10.8. The molecule has 0 fully saturated rings. The maximum atomic E-state index is 5.95. The van der Waals surface area contributed by atoms with Crippen molar-refractivity contribution in [1.82, 2.24) is 0 Å². The predicted octanol–water partition coefficient (Wildman–Crippen LogP) is 3.14. The number of hydrogen-bond acceptors (Lipinski definition) is 2. The first-order valence-electron chi connectivity index (χ1n) is 5.91. The molecular weight excluding hydrogens is 198 g/mol. The maximum Gasteiger partial charge on any atom is 0.119 e. The van der Waals surface area contributed by atoms with Gasteiger partial charge in [-0.25, -0.2) is 0 Å². The van der Waals surface area contributed by atoms with Crippen molar-refractivity contribution < 1.29 is 4.74 Å². The Morgan fingerprint density at radius 2 is 1.75 bits per heavy atom. The highest BCUT2D eigenvalue weighted by atomic mass is 16.5. The molecule has 0 radical (unpaired) electrons. The number of nitrogens with two attached hydrogens (primary N) is 1. The van der Waals surface area contributed by atoms with Crippen LogP contribution < -0.4 is 10.5 Å². The van der Waals surface area contributed by atoms with Crippen molar-refractivity contribution in [3.63, 3.8) is 0 Å². The molecule has 0 spiro atoms. The van der Waals surface area contributed by atoms with Gasteiger partial charge in [0.25, 0.3) is 0 Å². The van der Waals surface area contributed by atoms with Crippen LogP contribution in [0, 0.1) is 0 Å². The van der Waals surface area contributed by atoms with E-state index in [4.69, 9.17) is 10.5 Å². The molecule has 0 bridgehead atoms. The van der Waals surface area contributed by atoms with Crippen molar-refractivity contribution in [3.8, 4) is 5.75 Å². The Bertz CT molecular complexity index is 309. The molecule has 1 aromatic rings. The predicted molar refractivity (Wildman–Crippen MR) is 68.8 cm³/mol. The molecule has 0 unspecified atom stereocenters. The highest BCUT2D eigenvalue weighted by Gasteiger charge is 2.10. The van der Waals surface area contributed by atoms with Crippen LogP contribution in [0.15, 0.2) is 24.3 Å². The van der Waals surface area contributed by atoms with E-state index in [1.807, 2.05) is 26.0 Å². The Morgan fingerprint density at radius 3 is 2.19 bits per heavy atom. The molecule has 90 valence electrons. The third-order valence-corrected chi connectivity index (χ3v) is 2.35. The molecule has 0 aliphatic heterocycles. The van der Waals surface area contributed by atoms with Crippen LogP contribution in [0.1, 0.15) is 39.7 Å². The molecule has 2 nitrogen and oxygen atoms in total. The second kappa shape index (κ2) is 5.35. The van der Waals surface area contributed by atoms with Crippen molar-refractivity contribution in [3.05, 3.63) is 29.8 Å². The van der Waals surface area contributed by atoms with E-state index < -0.39 is 0 Å². The van der Waals surface area contributed by atoms with E-state index in [0.717, 1.165) is 18.6 Å². The molecule has 0 aromatic heterocycles. The van der Waals surface area contributed by atoms with Crippen LogP contribution >= 0.6 is 0 Å². The summed E-state index contributed by atoms with van der Waals surface area (Å²) in [6, 6.07) is 8.28. The SMILES string of the molecule is CC(C)Oc1ccc(CCC(C)(C)N)cc1. The molecule has 0 aliphatic carbocycles. The molecule has 16 heavy (non-hydrogen) atoms. The molecular formula is C14H23NO. The van der Waals surface area contributed by atoms with Gasteiger partial charge in [0.15, 0.2) is 0 Å². The van der Waals surface area contributed by atoms with E-state index in [0.29, 0.717) is 0 Å². The summed E-state index contributed by atoms with van der Waals surface area (Å²) in [5.74, 6) is 0.936. The highest BCUT2D eigenvalue weighted by Crippen LogP contribution is 2.16. The molecule has 0 atom stereocenters. The molecule has 1 aromatic carbocycles. The Balaban J connectivity index is 2.51. The van der Waals surface area contributed by atoms with E-state index in [-0.39, 0.29) is 11.6 Å². The van der Waals surface area contributed by atoms with Gasteiger partial charge < -0.3 is 10.5 Å². The summed E-state index contributed by atoms with van der Waals surface area (Å²) in [7, 11) is 0. The molecule has 2 heteroatoms. The monoisotopic (exact) mass is 221 g/mol. The van der Waals surface area contributed by atoms with E-state index in [1.54, 1.807) is 0 Å². The minimum atomic E-state index is -0.0902. The summed E-state index contributed by atoms with van der Waals surface area (Å²) in [6.07, 6.45) is 2.25. The summed E-state index contributed by atoms with van der Waals surface area (Å²) in [5.41, 5.74) is 7.18. The molecule has 0 aliphatic rings. The average Bonchev–Trinajstić information content (AvgIpc) is 2.14. The lowest BCUT2D eigenvalue weighted by Gasteiger charge is -2.18. The van der Waals surface area contributed by atoms with Gasteiger partial charge in [0.1, 0.15) is 5.75 Å². The first-order valence-corrected chi connectivity index (χ1v) is 5.91. The van der Waals surface area contributed by atoms with E-state index in [1.165, 1.54) is 5.56 Å². The van der Waals surface area contributed by atoms with Gasteiger partial charge in [0.05, 0.1) is 6.10 Å². The van der Waals surface area contributed by atoms with Gasteiger partial charge >= 0.3 is 0 Å². The number of rotatable bonds is 5. The van der Waals surface area contributed by atoms with Crippen molar-refractivity contribution >= 4 is 0 Å². The Hall–Kier alpha value is -1.02. The number of hydrogen-bond donors (Lipinski definition) is 1. The largest absolute Gasteiger partial charge is 0.491 e. The topological polar surface area (TPSA) is 35.2 Å². The second-order valence-electron chi connectivity index (χ2n) is 5.30. The normalized spacial score (nSPS) is 11.9. The fraction of sp³-hybridized carbons (Fsp3) is 0.571. The third kappa shape index (κ3) is 5.17. The lowest BCUT2D eigenvalue weighted by Crippen LogP contribution is -2.32. The Labute approximate surface area is 98.8 Å². The fourth-order valence-electron chi connectivity index (χ4n) is 1.47. The standard InChI is InChI=1S/C14H23NO/c1-11(2)16-13-7-5-12(6-8-13)9-10-14(3,4)15/h5-8,11H,9-10,15H2,1-4H3. The lowest BCUT2D eigenvalue weighted by atomic mass is 9.97. The molecule has 0 heterocycles. The van der Waals surface area contributed by atoms with Crippen LogP contribution in [0.5, 0.6) is 5.75 Å². The van der Waals surface area contributed by atoms with Gasteiger partial charge in [-0.2, -0.15) is 0 Å². The summed E-state index contributed by atoms with van der Waals surface area (Å²) in [5, 5.41) is 0. The summed E-state index contributed by atoms with van der Waals surface area (Å²) in [6.45, 7) is 8.18. The minimum Gasteiger partial charge on any atom is -0.491 e. The van der Waals surface area contributed by atoms with Crippen molar-refractivity contribution in [2.24, 2.45) is 5.73 Å². The van der Waals surface area contributed by atoms with E-state index >= 15 is 0 Å². The zero-order chi connectivity index (χ0) is 12.2. The minimum absolute atomic E-state index is 0.0902. The first kappa shape index (κ1) is 13.0. The van der Waals surface area contributed by atoms with Gasteiger partial charge in [0, 0.05) is 5.54 Å². The molecule has 0 saturated heterocycles. The second-order valence-corrected chi connectivity index (χ2v) is 5.30. The van der Waals surface area contributed by atoms with Gasteiger partial charge in [-0.05, 0) is 58.2 Å². The highest BCUT2D eigenvalue weighted by molar-refractivity contribution is 5.27. The quantitative estimate of drug-likeness (QED) is 0.829. The van der Waals surface area contributed by atoms with E-state index in [2.05, 4.69) is 26.0 Å². The summed E-state index contributed by atoms with van der Waals surface area (Å²) in [4.78, 5) is 0. The smallest absolute Gasteiger partial charge is 0.119 e. The van der Waals surface area contributed by atoms with Crippen LogP contribution in [-0.2, 0) is 6.42 Å². The molecule has 0 amide bonds. The van der Waals surface area contributed by atoms with Crippen LogP contribution in [0.2, 0.25) is 0 Å². The number of benzene rings is 1. The molecule has 2 N–H and O–H groups in total. The zero-order valence-electron chi connectivity index (χ0n) is 10.8.